The molecule has 0 aliphatic carbocycles. The third-order valence-electron chi connectivity index (χ3n) is 5.16. The SMILES string of the molecule is CCOc1ccc(/C(O)=C2/C(=O)C(=O)N(c3ncccn3)C2c2ccc(OCC)cc2)cc1. The lowest BCUT2D eigenvalue weighted by atomic mass is 9.95. The maximum absolute atomic E-state index is 13.1. The average molecular weight is 445 g/mol. The molecular weight excluding hydrogens is 422 g/mol. The molecule has 1 N–H and O–H groups in total. The summed E-state index contributed by atoms with van der Waals surface area (Å²) in [5, 5.41) is 11.1. The van der Waals surface area contributed by atoms with Gasteiger partial charge in [0.2, 0.25) is 5.95 Å². The number of ether oxygens (including phenoxy) is 2. The van der Waals surface area contributed by atoms with Crippen LogP contribution in [0.2, 0.25) is 0 Å². The van der Waals surface area contributed by atoms with Gasteiger partial charge < -0.3 is 14.6 Å². The van der Waals surface area contributed by atoms with Crippen molar-refractivity contribution in [2.24, 2.45) is 0 Å². The van der Waals surface area contributed by atoms with E-state index in [-0.39, 0.29) is 17.3 Å². The lowest BCUT2D eigenvalue weighted by molar-refractivity contribution is -0.132. The predicted octanol–water partition coefficient (Wildman–Crippen LogP) is 3.90. The maximum Gasteiger partial charge on any atom is 0.302 e. The molecule has 1 saturated heterocycles. The van der Waals surface area contributed by atoms with Gasteiger partial charge in [-0.15, -0.1) is 0 Å². The molecular formula is C25H23N3O5. The number of carbonyl (C=O) groups is 2. The van der Waals surface area contributed by atoms with E-state index in [1.54, 1.807) is 54.6 Å². The van der Waals surface area contributed by atoms with Crippen LogP contribution in [0.3, 0.4) is 0 Å². The number of ketones is 1. The lowest BCUT2D eigenvalue weighted by Crippen LogP contribution is -2.31. The number of anilines is 1. The second-order valence-corrected chi connectivity index (χ2v) is 7.18. The van der Waals surface area contributed by atoms with Gasteiger partial charge in [0.05, 0.1) is 24.8 Å². The second kappa shape index (κ2) is 9.52. The van der Waals surface area contributed by atoms with Crippen LogP contribution in [0.1, 0.15) is 31.0 Å². The van der Waals surface area contributed by atoms with Crippen molar-refractivity contribution in [2.45, 2.75) is 19.9 Å². The van der Waals surface area contributed by atoms with Crippen molar-refractivity contribution in [2.75, 3.05) is 18.1 Å². The quantitative estimate of drug-likeness (QED) is 0.334. The third kappa shape index (κ3) is 4.27. The molecule has 1 atom stereocenters. The Morgan fingerprint density at radius 2 is 1.45 bits per heavy atom. The molecule has 0 spiro atoms. The van der Waals surface area contributed by atoms with Crippen molar-refractivity contribution in [3.05, 3.63) is 83.7 Å². The molecule has 3 aromatic rings. The molecule has 4 rings (SSSR count). The summed E-state index contributed by atoms with van der Waals surface area (Å²) in [6.07, 6.45) is 2.98. The predicted molar refractivity (Wildman–Crippen MR) is 122 cm³/mol. The van der Waals surface area contributed by atoms with E-state index in [1.807, 2.05) is 13.8 Å². The van der Waals surface area contributed by atoms with Crippen molar-refractivity contribution >= 4 is 23.4 Å². The molecule has 0 radical (unpaired) electrons. The van der Waals surface area contributed by atoms with E-state index >= 15 is 0 Å². The molecule has 1 aromatic heterocycles. The van der Waals surface area contributed by atoms with Crippen LogP contribution in [-0.2, 0) is 9.59 Å². The topological polar surface area (TPSA) is 102 Å². The van der Waals surface area contributed by atoms with Crippen molar-refractivity contribution in [1.82, 2.24) is 9.97 Å². The number of Topliss-reactive ketones (excluding diaryl/α,β-unsaturated/α-hetero) is 1. The molecule has 2 aromatic carbocycles. The summed E-state index contributed by atoms with van der Waals surface area (Å²) in [5.41, 5.74) is 0.958. The van der Waals surface area contributed by atoms with E-state index in [1.165, 1.54) is 17.3 Å². The van der Waals surface area contributed by atoms with Crippen molar-refractivity contribution < 1.29 is 24.2 Å². The number of aromatic nitrogens is 2. The number of aliphatic hydroxyl groups excluding tert-OH is 1. The van der Waals surface area contributed by atoms with Crippen LogP contribution in [0.4, 0.5) is 5.95 Å². The van der Waals surface area contributed by atoms with Gasteiger partial charge in [-0.3, -0.25) is 14.5 Å². The number of nitrogens with zero attached hydrogens (tertiary/aromatic N) is 3. The van der Waals surface area contributed by atoms with Crippen LogP contribution >= 0.6 is 0 Å². The van der Waals surface area contributed by atoms with Crippen LogP contribution in [0.25, 0.3) is 5.76 Å². The Labute approximate surface area is 191 Å². The first-order chi connectivity index (χ1) is 16.0. The fourth-order valence-corrected chi connectivity index (χ4v) is 3.71. The van der Waals surface area contributed by atoms with Crippen molar-refractivity contribution in [3.63, 3.8) is 0 Å². The number of amides is 1. The molecule has 1 fully saturated rings. The highest BCUT2D eigenvalue weighted by molar-refractivity contribution is 6.51. The Hall–Kier alpha value is -4.20. The maximum atomic E-state index is 13.1. The lowest BCUT2D eigenvalue weighted by Gasteiger charge is -2.23. The van der Waals surface area contributed by atoms with Crippen molar-refractivity contribution in [3.8, 4) is 11.5 Å². The molecule has 33 heavy (non-hydrogen) atoms. The highest BCUT2D eigenvalue weighted by atomic mass is 16.5. The molecule has 8 nitrogen and oxygen atoms in total. The van der Waals surface area contributed by atoms with E-state index in [9.17, 15) is 14.7 Å². The summed E-state index contributed by atoms with van der Waals surface area (Å²) in [7, 11) is 0. The first-order valence-electron chi connectivity index (χ1n) is 10.6. The molecule has 2 heterocycles. The zero-order chi connectivity index (χ0) is 23.4. The molecule has 8 heteroatoms. The smallest absolute Gasteiger partial charge is 0.302 e. The number of hydrogen-bond acceptors (Lipinski definition) is 7. The summed E-state index contributed by atoms with van der Waals surface area (Å²) < 4.78 is 11.0. The van der Waals surface area contributed by atoms with Gasteiger partial charge >= 0.3 is 5.91 Å². The van der Waals surface area contributed by atoms with Crippen LogP contribution < -0.4 is 14.4 Å². The first-order valence-corrected chi connectivity index (χ1v) is 10.6. The van der Waals surface area contributed by atoms with E-state index in [2.05, 4.69) is 9.97 Å². The summed E-state index contributed by atoms with van der Waals surface area (Å²) >= 11 is 0. The Balaban J connectivity index is 1.85. The minimum absolute atomic E-state index is 0.0410. The summed E-state index contributed by atoms with van der Waals surface area (Å²) in [4.78, 5) is 35.7. The van der Waals surface area contributed by atoms with Crippen LogP contribution in [-0.4, -0.2) is 40.0 Å². The van der Waals surface area contributed by atoms with Gasteiger partial charge in [-0.25, -0.2) is 9.97 Å². The Morgan fingerprint density at radius 1 is 0.909 bits per heavy atom. The van der Waals surface area contributed by atoms with Gasteiger partial charge in [0.15, 0.2) is 0 Å². The van der Waals surface area contributed by atoms with Gasteiger partial charge in [0, 0.05) is 18.0 Å². The normalized spacial score (nSPS) is 17.3. The summed E-state index contributed by atoms with van der Waals surface area (Å²) in [5.74, 6) is -0.547. The minimum atomic E-state index is -0.908. The van der Waals surface area contributed by atoms with Crippen molar-refractivity contribution in [1.29, 1.82) is 0 Å². The van der Waals surface area contributed by atoms with Gasteiger partial charge in [-0.1, -0.05) is 12.1 Å². The first kappa shape index (κ1) is 22.0. The summed E-state index contributed by atoms with van der Waals surface area (Å²) in [6.45, 7) is 4.77. The molecule has 0 bridgehead atoms. The highest BCUT2D eigenvalue weighted by Crippen LogP contribution is 2.41. The van der Waals surface area contributed by atoms with Gasteiger partial charge in [0.25, 0.3) is 5.78 Å². The monoisotopic (exact) mass is 445 g/mol. The molecule has 0 saturated carbocycles. The standard InChI is InChI=1S/C25H23N3O5/c1-3-32-18-10-6-16(7-11-18)21-20(22(29)17-8-12-19(13-9-17)33-4-2)23(30)24(31)28(21)25-26-14-5-15-27-25/h5-15,21,29H,3-4H2,1-2H3/b22-20-. The number of carbonyl (C=O) groups excluding carboxylic acids is 2. The molecule has 1 unspecified atom stereocenters. The fourth-order valence-electron chi connectivity index (χ4n) is 3.71. The molecule has 168 valence electrons. The Kier molecular flexibility index (Phi) is 6.35. The van der Waals surface area contributed by atoms with E-state index in [0.717, 1.165) is 0 Å². The van der Waals surface area contributed by atoms with Gasteiger partial charge in [-0.2, -0.15) is 0 Å². The third-order valence-corrected chi connectivity index (χ3v) is 5.16. The highest BCUT2D eigenvalue weighted by Gasteiger charge is 2.48. The van der Waals surface area contributed by atoms with Gasteiger partial charge in [-0.05, 0) is 61.9 Å². The van der Waals surface area contributed by atoms with E-state index < -0.39 is 17.7 Å². The average Bonchev–Trinajstić information content (AvgIpc) is 3.11. The number of benzene rings is 2. The zero-order valence-corrected chi connectivity index (χ0v) is 18.3. The largest absolute Gasteiger partial charge is 0.507 e. The summed E-state index contributed by atoms with van der Waals surface area (Å²) in [6, 6.07) is 14.4. The molecule has 1 amide bonds. The Morgan fingerprint density at radius 3 is 2.00 bits per heavy atom. The van der Waals surface area contributed by atoms with Crippen LogP contribution in [0, 0.1) is 0 Å². The van der Waals surface area contributed by atoms with Crippen LogP contribution in [0.15, 0.2) is 72.6 Å². The van der Waals surface area contributed by atoms with Gasteiger partial charge in [0.1, 0.15) is 17.3 Å². The van der Waals surface area contributed by atoms with E-state index in [4.69, 9.17) is 9.47 Å². The van der Waals surface area contributed by atoms with Crippen LogP contribution in [0.5, 0.6) is 11.5 Å². The molecule has 1 aliphatic heterocycles. The molecule has 1 aliphatic rings. The van der Waals surface area contributed by atoms with E-state index in [0.29, 0.717) is 35.8 Å². The number of rotatable bonds is 7. The zero-order valence-electron chi connectivity index (χ0n) is 18.3. The number of hydrogen-bond donors (Lipinski definition) is 1. The Bertz CT molecular complexity index is 1170. The number of aliphatic hydroxyl groups is 1. The fraction of sp³-hybridized carbons (Fsp3) is 0.200. The minimum Gasteiger partial charge on any atom is -0.507 e. The second-order valence-electron chi connectivity index (χ2n) is 7.18.